The maximum Gasteiger partial charge on any atom is 0.411 e. The van der Waals surface area contributed by atoms with Crippen LogP contribution in [0.1, 0.15) is 48.3 Å². The summed E-state index contributed by atoms with van der Waals surface area (Å²) in [4.78, 5) is 52.6. The highest BCUT2D eigenvalue weighted by Crippen LogP contribution is 2.34. The number of amides is 3. The van der Waals surface area contributed by atoms with Crippen molar-refractivity contribution >= 4 is 52.9 Å². The number of nitrogens with zero attached hydrogens (tertiary/aromatic N) is 7. The SMILES string of the molecule is COC(=O)Nc1ccc(-c2nc([C@H](CC(=O)N3CCCC3c3ccncc3)NC(=O)/C=C/c3cc(Cl)ccc3-n3cnnn3)[nH]c2Cl)cc1. The molecule has 0 radical (unpaired) electrons. The fourth-order valence-electron chi connectivity index (χ4n) is 5.64. The largest absolute Gasteiger partial charge is 0.453 e. The molecule has 0 spiro atoms. The molecule has 0 bridgehead atoms. The van der Waals surface area contributed by atoms with Crippen LogP contribution in [0.2, 0.25) is 10.2 Å². The summed E-state index contributed by atoms with van der Waals surface area (Å²) in [6.45, 7) is 0.581. The maximum atomic E-state index is 13.9. The number of hydrogen-bond donors (Lipinski definition) is 3. The number of pyridine rings is 1. The van der Waals surface area contributed by atoms with Crippen LogP contribution < -0.4 is 10.6 Å². The molecule has 4 heterocycles. The number of tetrazole rings is 1. The van der Waals surface area contributed by atoms with Crippen molar-refractivity contribution < 1.29 is 19.1 Å². The van der Waals surface area contributed by atoms with E-state index in [0.29, 0.717) is 45.6 Å². The third kappa shape index (κ3) is 7.93. The third-order valence-electron chi connectivity index (χ3n) is 7.96. The van der Waals surface area contributed by atoms with Gasteiger partial charge in [-0.05, 0) is 77.4 Å². The van der Waals surface area contributed by atoms with Gasteiger partial charge in [0.1, 0.15) is 23.0 Å². The molecule has 2 atom stereocenters. The number of ether oxygens (including phenoxy) is 1. The normalized spacial score (nSPS) is 14.9. The van der Waals surface area contributed by atoms with Gasteiger partial charge in [0, 0.05) is 46.9 Å². The zero-order valence-electron chi connectivity index (χ0n) is 26.1. The minimum atomic E-state index is -0.867. The Morgan fingerprint density at radius 1 is 1.10 bits per heavy atom. The number of H-pyrrole nitrogens is 1. The Labute approximate surface area is 290 Å². The van der Waals surface area contributed by atoms with Gasteiger partial charge in [0.15, 0.2) is 0 Å². The van der Waals surface area contributed by atoms with Gasteiger partial charge in [-0.2, -0.15) is 4.68 Å². The lowest BCUT2D eigenvalue weighted by atomic mass is 10.1. The molecule has 0 saturated carbocycles. The van der Waals surface area contributed by atoms with Crippen molar-refractivity contribution in [3.8, 4) is 16.9 Å². The zero-order chi connectivity index (χ0) is 34.3. The fraction of sp³-hybridized carbons (Fsp3) is 0.212. The van der Waals surface area contributed by atoms with Crippen LogP contribution in [-0.2, 0) is 14.3 Å². The Morgan fingerprint density at radius 2 is 1.90 bits per heavy atom. The highest BCUT2D eigenvalue weighted by atomic mass is 35.5. The molecule has 6 rings (SSSR count). The topological polar surface area (TPSA) is 173 Å². The van der Waals surface area contributed by atoms with E-state index in [-0.39, 0.29) is 23.5 Å². The summed E-state index contributed by atoms with van der Waals surface area (Å²) in [6, 6.07) is 14.8. The Kier molecular flexibility index (Phi) is 10.3. The van der Waals surface area contributed by atoms with E-state index in [4.69, 9.17) is 28.2 Å². The number of carbonyl (C=O) groups excluding carboxylic acids is 3. The molecule has 0 aliphatic carbocycles. The highest BCUT2D eigenvalue weighted by Gasteiger charge is 2.33. The monoisotopic (exact) mass is 700 g/mol. The molecule has 1 fully saturated rings. The van der Waals surface area contributed by atoms with Crippen LogP contribution in [0.15, 0.2) is 79.4 Å². The maximum absolute atomic E-state index is 13.9. The lowest BCUT2D eigenvalue weighted by Gasteiger charge is -2.27. The molecule has 16 heteroatoms. The number of methoxy groups -OCH3 is 1. The van der Waals surface area contributed by atoms with Crippen LogP contribution in [0.5, 0.6) is 0 Å². The van der Waals surface area contributed by atoms with Crippen molar-refractivity contribution in [2.24, 2.45) is 0 Å². The number of carbonyl (C=O) groups is 3. The van der Waals surface area contributed by atoms with Crippen LogP contribution in [0.4, 0.5) is 10.5 Å². The Morgan fingerprint density at radius 3 is 2.63 bits per heavy atom. The summed E-state index contributed by atoms with van der Waals surface area (Å²) in [5, 5.41) is 17.5. The molecule has 1 aliphatic heterocycles. The number of hydrogen-bond acceptors (Lipinski definition) is 9. The number of aromatic amines is 1. The minimum absolute atomic E-state index is 0.0839. The summed E-state index contributed by atoms with van der Waals surface area (Å²) >= 11 is 12.9. The first kappa shape index (κ1) is 33.3. The van der Waals surface area contributed by atoms with Crippen LogP contribution in [-0.4, -0.2) is 71.6 Å². The van der Waals surface area contributed by atoms with Gasteiger partial charge in [0.05, 0.1) is 31.3 Å². The van der Waals surface area contributed by atoms with E-state index in [2.05, 4.69) is 40.9 Å². The van der Waals surface area contributed by atoms with Gasteiger partial charge in [-0.15, -0.1) is 5.10 Å². The Balaban J connectivity index is 1.27. The number of anilines is 1. The van der Waals surface area contributed by atoms with Crippen LogP contribution >= 0.6 is 23.2 Å². The van der Waals surface area contributed by atoms with E-state index < -0.39 is 18.0 Å². The molecule has 1 aliphatic rings. The average molecular weight is 702 g/mol. The van der Waals surface area contributed by atoms with Gasteiger partial charge in [0.25, 0.3) is 0 Å². The Hall–Kier alpha value is -5.60. The number of halogens is 2. The number of rotatable bonds is 10. The lowest BCUT2D eigenvalue weighted by molar-refractivity contribution is -0.133. The van der Waals surface area contributed by atoms with Gasteiger partial charge >= 0.3 is 6.09 Å². The second kappa shape index (κ2) is 15.1. The van der Waals surface area contributed by atoms with Gasteiger partial charge in [-0.25, -0.2) is 9.78 Å². The number of benzene rings is 2. The molecule has 49 heavy (non-hydrogen) atoms. The number of nitrogens with one attached hydrogen (secondary N) is 3. The summed E-state index contributed by atoms with van der Waals surface area (Å²) in [6.07, 6.45) is 8.75. The fourth-order valence-corrected chi connectivity index (χ4v) is 6.06. The molecule has 3 N–H and O–H groups in total. The molecular weight excluding hydrogens is 671 g/mol. The standard InChI is InChI=1S/C33H30Cl2N10O4/c1-49-33(48)38-24-8-4-21(5-9-24)30-31(35)41-32(40-30)25(18-29(47)44-16-2-3-26(44)20-12-14-36-15-13-20)39-28(46)11-6-22-17-23(34)7-10-27(22)45-19-37-42-43-45/h4-15,17,19,25-26H,2-3,16,18H2,1H3,(H,38,48)(H,39,46)(H,40,41)/b11-6+/t25-,26?/m0/s1. The van der Waals surface area contributed by atoms with Crippen molar-refractivity contribution in [2.75, 3.05) is 19.0 Å². The van der Waals surface area contributed by atoms with E-state index in [9.17, 15) is 14.4 Å². The van der Waals surface area contributed by atoms with Crippen molar-refractivity contribution in [1.29, 1.82) is 0 Å². The molecule has 1 unspecified atom stereocenters. The predicted octanol–water partition coefficient (Wildman–Crippen LogP) is 5.56. The first-order valence-electron chi connectivity index (χ1n) is 15.2. The van der Waals surface area contributed by atoms with E-state index in [1.807, 2.05) is 17.0 Å². The lowest BCUT2D eigenvalue weighted by Crippen LogP contribution is -2.36. The number of likely N-dealkylation sites (tertiary alicyclic amines) is 1. The van der Waals surface area contributed by atoms with Crippen molar-refractivity contribution in [2.45, 2.75) is 31.3 Å². The first-order valence-corrected chi connectivity index (χ1v) is 16.0. The molecule has 3 aromatic heterocycles. The third-order valence-corrected chi connectivity index (χ3v) is 8.47. The van der Waals surface area contributed by atoms with Crippen molar-refractivity contribution in [3.05, 3.63) is 107 Å². The molecule has 2 aromatic carbocycles. The van der Waals surface area contributed by atoms with Gasteiger partial charge in [0.2, 0.25) is 11.8 Å². The van der Waals surface area contributed by atoms with Crippen molar-refractivity contribution in [1.82, 2.24) is 45.4 Å². The van der Waals surface area contributed by atoms with Gasteiger partial charge in [-0.3, -0.25) is 19.9 Å². The molecular formula is C33H30Cl2N10O4. The summed E-state index contributed by atoms with van der Waals surface area (Å²) in [5.41, 5.74) is 3.77. The predicted molar refractivity (Wildman–Crippen MR) is 182 cm³/mol. The zero-order valence-corrected chi connectivity index (χ0v) is 27.6. The average Bonchev–Trinajstić information content (AvgIpc) is 3.90. The first-order chi connectivity index (χ1) is 23.8. The highest BCUT2D eigenvalue weighted by molar-refractivity contribution is 6.32. The van der Waals surface area contributed by atoms with E-state index >= 15 is 0 Å². The van der Waals surface area contributed by atoms with Crippen LogP contribution in [0.25, 0.3) is 23.0 Å². The molecule has 1 saturated heterocycles. The van der Waals surface area contributed by atoms with Gasteiger partial charge < -0.3 is 19.9 Å². The van der Waals surface area contributed by atoms with Crippen LogP contribution in [0.3, 0.4) is 0 Å². The second-order valence-electron chi connectivity index (χ2n) is 11.1. The molecule has 3 amide bonds. The smallest absolute Gasteiger partial charge is 0.411 e. The Bertz CT molecular complexity index is 1970. The summed E-state index contributed by atoms with van der Waals surface area (Å²) in [5.74, 6) is -0.347. The minimum Gasteiger partial charge on any atom is -0.453 e. The number of imidazole rings is 1. The molecule has 14 nitrogen and oxygen atoms in total. The molecule has 250 valence electrons. The van der Waals surface area contributed by atoms with E-state index in [1.54, 1.807) is 60.9 Å². The van der Waals surface area contributed by atoms with Crippen molar-refractivity contribution in [3.63, 3.8) is 0 Å². The summed E-state index contributed by atoms with van der Waals surface area (Å²) in [7, 11) is 1.28. The van der Waals surface area contributed by atoms with Crippen LogP contribution in [0, 0.1) is 0 Å². The van der Waals surface area contributed by atoms with E-state index in [0.717, 1.165) is 18.4 Å². The molecule has 5 aromatic rings. The van der Waals surface area contributed by atoms with E-state index in [1.165, 1.54) is 24.2 Å². The number of aromatic nitrogens is 7. The quantitative estimate of drug-likeness (QED) is 0.158. The second-order valence-corrected chi connectivity index (χ2v) is 11.9. The summed E-state index contributed by atoms with van der Waals surface area (Å²) < 4.78 is 6.10. The van der Waals surface area contributed by atoms with Gasteiger partial charge in [-0.1, -0.05) is 35.3 Å².